The summed E-state index contributed by atoms with van der Waals surface area (Å²) in [4.78, 5) is 30.4. The Bertz CT molecular complexity index is 1210. The van der Waals surface area contributed by atoms with Crippen molar-refractivity contribution in [2.45, 2.75) is 12.5 Å². The lowest BCUT2D eigenvalue weighted by molar-refractivity contribution is -0.142. The van der Waals surface area contributed by atoms with Gasteiger partial charge in [0.1, 0.15) is 6.04 Å². The maximum atomic E-state index is 13.3. The molecule has 1 aromatic heterocycles. The number of hydrogen-bond donors (Lipinski definition) is 1. The minimum atomic E-state index is -0.799. The second-order valence-electron chi connectivity index (χ2n) is 7.18. The van der Waals surface area contributed by atoms with Crippen molar-refractivity contribution in [3.63, 3.8) is 0 Å². The van der Waals surface area contributed by atoms with Crippen molar-refractivity contribution in [3.05, 3.63) is 102 Å². The van der Waals surface area contributed by atoms with Crippen LogP contribution in [0.1, 0.15) is 15.9 Å². The van der Waals surface area contributed by atoms with E-state index >= 15 is 0 Å². The molecule has 1 N–H and O–H groups in total. The van der Waals surface area contributed by atoms with Crippen LogP contribution in [0.15, 0.2) is 91.0 Å². The van der Waals surface area contributed by atoms with Gasteiger partial charge in [-0.2, -0.15) is 0 Å². The Labute approximate surface area is 180 Å². The highest BCUT2D eigenvalue weighted by Crippen LogP contribution is 2.25. The zero-order valence-electron chi connectivity index (χ0n) is 17.1. The zero-order chi connectivity index (χ0) is 21.6. The first kappa shape index (κ1) is 20.3. The SMILES string of the molecule is COC(=O)[C@@H](Cc1ccccc1)NC(=O)c1cc(-c2ccccc2)nc2ccccc12. The van der Waals surface area contributed by atoms with Crippen LogP contribution in [0.25, 0.3) is 22.2 Å². The van der Waals surface area contributed by atoms with Crippen molar-refractivity contribution >= 4 is 22.8 Å². The van der Waals surface area contributed by atoms with Gasteiger partial charge >= 0.3 is 5.97 Å². The van der Waals surface area contributed by atoms with Crippen molar-refractivity contribution in [1.29, 1.82) is 0 Å². The second kappa shape index (κ2) is 9.22. The highest BCUT2D eigenvalue weighted by atomic mass is 16.5. The van der Waals surface area contributed by atoms with E-state index in [0.29, 0.717) is 23.2 Å². The van der Waals surface area contributed by atoms with Gasteiger partial charge in [-0.05, 0) is 17.7 Å². The molecule has 0 saturated carbocycles. The Morgan fingerprint density at radius 3 is 2.26 bits per heavy atom. The van der Waals surface area contributed by atoms with Gasteiger partial charge in [0.15, 0.2) is 0 Å². The zero-order valence-corrected chi connectivity index (χ0v) is 17.1. The maximum absolute atomic E-state index is 13.3. The van der Waals surface area contributed by atoms with E-state index in [-0.39, 0.29) is 5.91 Å². The number of nitrogens with zero attached hydrogens (tertiary/aromatic N) is 1. The topological polar surface area (TPSA) is 68.3 Å². The molecule has 1 amide bonds. The molecule has 31 heavy (non-hydrogen) atoms. The molecule has 154 valence electrons. The molecule has 0 spiro atoms. The normalized spacial score (nSPS) is 11.6. The van der Waals surface area contributed by atoms with E-state index in [9.17, 15) is 9.59 Å². The highest BCUT2D eigenvalue weighted by Gasteiger charge is 2.24. The summed E-state index contributed by atoms with van der Waals surface area (Å²) < 4.78 is 4.94. The average Bonchev–Trinajstić information content (AvgIpc) is 2.83. The minimum Gasteiger partial charge on any atom is -0.467 e. The number of ether oxygens (including phenoxy) is 1. The van der Waals surface area contributed by atoms with Crippen molar-refractivity contribution in [2.75, 3.05) is 7.11 Å². The van der Waals surface area contributed by atoms with Gasteiger partial charge in [-0.15, -0.1) is 0 Å². The van der Waals surface area contributed by atoms with Crippen LogP contribution >= 0.6 is 0 Å². The number of carbonyl (C=O) groups excluding carboxylic acids is 2. The van der Waals surface area contributed by atoms with Gasteiger partial charge in [0.2, 0.25) is 0 Å². The lowest BCUT2D eigenvalue weighted by atomic mass is 10.0. The molecule has 1 atom stereocenters. The fourth-order valence-corrected chi connectivity index (χ4v) is 3.54. The summed E-state index contributed by atoms with van der Waals surface area (Å²) in [5, 5.41) is 3.59. The third-order valence-electron chi connectivity index (χ3n) is 5.10. The van der Waals surface area contributed by atoms with Gasteiger partial charge in [0.05, 0.1) is 23.9 Å². The van der Waals surface area contributed by atoms with Crippen LogP contribution in [-0.4, -0.2) is 30.0 Å². The standard InChI is InChI=1S/C26H22N2O3/c1-31-26(30)24(16-18-10-4-2-5-11-18)28-25(29)21-17-23(19-12-6-3-7-13-19)27-22-15-9-8-14-20(21)22/h2-15,17,24H,16H2,1H3,(H,28,29)/t24-/m1/s1. The summed E-state index contributed by atoms with van der Waals surface area (Å²) in [7, 11) is 1.32. The highest BCUT2D eigenvalue weighted by molar-refractivity contribution is 6.08. The third-order valence-corrected chi connectivity index (χ3v) is 5.10. The summed E-state index contributed by atoms with van der Waals surface area (Å²) in [5.74, 6) is -0.832. The smallest absolute Gasteiger partial charge is 0.328 e. The minimum absolute atomic E-state index is 0.341. The number of nitrogens with one attached hydrogen (secondary N) is 1. The number of rotatable bonds is 6. The molecule has 0 unspecified atom stereocenters. The number of benzene rings is 3. The summed E-state index contributed by atoms with van der Waals surface area (Å²) in [5.41, 5.74) is 3.72. The van der Waals surface area contributed by atoms with Gasteiger partial charge in [-0.25, -0.2) is 9.78 Å². The lowest BCUT2D eigenvalue weighted by Crippen LogP contribution is -2.43. The fraction of sp³-hybridized carbons (Fsp3) is 0.115. The van der Waals surface area contributed by atoms with E-state index in [1.807, 2.05) is 84.9 Å². The monoisotopic (exact) mass is 410 g/mol. The Hall–Kier alpha value is -3.99. The van der Waals surface area contributed by atoms with Crippen LogP contribution in [0.4, 0.5) is 0 Å². The predicted molar refractivity (Wildman–Crippen MR) is 121 cm³/mol. The number of methoxy groups -OCH3 is 1. The molecule has 5 heteroatoms. The first-order chi connectivity index (χ1) is 15.2. The van der Waals surface area contributed by atoms with Crippen LogP contribution in [0.3, 0.4) is 0 Å². The van der Waals surface area contributed by atoms with E-state index in [1.54, 1.807) is 6.07 Å². The van der Waals surface area contributed by atoms with Gasteiger partial charge in [0, 0.05) is 17.4 Å². The Morgan fingerprint density at radius 1 is 0.903 bits per heavy atom. The number of hydrogen-bond acceptors (Lipinski definition) is 4. The largest absolute Gasteiger partial charge is 0.467 e. The third kappa shape index (κ3) is 4.61. The number of esters is 1. The molecule has 1 heterocycles. The first-order valence-electron chi connectivity index (χ1n) is 10.0. The van der Waals surface area contributed by atoms with Gasteiger partial charge in [-0.3, -0.25) is 4.79 Å². The van der Waals surface area contributed by atoms with Crippen molar-refractivity contribution in [1.82, 2.24) is 10.3 Å². The summed E-state index contributed by atoms with van der Waals surface area (Å²) in [6.45, 7) is 0. The lowest BCUT2D eigenvalue weighted by Gasteiger charge is -2.18. The summed E-state index contributed by atoms with van der Waals surface area (Å²) >= 11 is 0. The second-order valence-corrected chi connectivity index (χ2v) is 7.18. The van der Waals surface area contributed by atoms with Crippen LogP contribution in [0.5, 0.6) is 0 Å². The van der Waals surface area contributed by atoms with E-state index in [4.69, 9.17) is 9.72 Å². The van der Waals surface area contributed by atoms with Crippen LogP contribution in [0, 0.1) is 0 Å². The van der Waals surface area contributed by atoms with Crippen LogP contribution in [-0.2, 0) is 16.0 Å². The van der Waals surface area contributed by atoms with Gasteiger partial charge in [0.25, 0.3) is 5.91 Å². The van der Waals surface area contributed by atoms with E-state index in [1.165, 1.54) is 7.11 Å². The molecule has 4 rings (SSSR count). The molecule has 0 aliphatic rings. The van der Waals surface area contributed by atoms with Crippen LogP contribution < -0.4 is 5.32 Å². The Morgan fingerprint density at radius 2 is 1.55 bits per heavy atom. The summed E-state index contributed by atoms with van der Waals surface area (Å²) in [6.07, 6.45) is 0.341. The van der Waals surface area contributed by atoms with Crippen molar-refractivity contribution < 1.29 is 14.3 Å². The first-order valence-corrected chi connectivity index (χ1v) is 10.0. The molecule has 0 saturated heterocycles. The number of aromatic nitrogens is 1. The Kier molecular flexibility index (Phi) is 6.03. The number of fused-ring (bicyclic) bond motifs is 1. The maximum Gasteiger partial charge on any atom is 0.328 e. The fourth-order valence-electron chi connectivity index (χ4n) is 3.54. The van der Waals surface area contributed by atoms with Crippen molar-refractivity contribution in [3.8, 4) is 11.3 Å². The number of para-hydroxylation sites is 1. The molecule has 0 bridgehead atoms. The van der Waals surface area contributed by atoms with E-state index in [0.717, 1.165) is 16.5 Å². The van der Waals surface area contributed by atoms with Gasteiger partial charge in [-0.1, -0.05) is 78.9 Å². The molecular weight excluding hydrogens is 388 g/mol. The van der Waals surface area contributed by atoms with Crippen LogP contribution in [0.2, 0.25) is 0 Å². The molecule has 3 aromatic carbocycles. The quantitative estimate of drug-likeness (QED) is 0.478. The molecule has 5 nitrogen and oxygen atoms in total. The molecular formula is C26H22N2O3. The Balaban J connectivity index is 1.71. The van der Waals surface area contributed by atoms with Gasteiger partial charge < -0.3 is 10.1 Å². The average molecular weight is 410 g/mol. The van der Waals surface area contributed by atoms with E-state index < -0.39 is 12.0 Å². The molecule has 0 aliphatic carbocycles. The number of carbonyl (C=O) groups is 2. The predicted octanol–water partition coefficient (Wildman–Crippen LogP) is 4.42. The molecule has 0 aliphatic heterocycles. The number of amides is 1. The van der Waals surface area contributed by atoms with Crippen molar-refractivity contribution in [2.24, 2.45) is 0 Å². The molecule has 4 aromatic rings. The van der Waals surface area contributed by atoms with E-state index in [2.05, 4.69) is 5.32 Å². The summed E-state index contributed by atoms with van der Waals surface area (Å²) in [6, 6.07) is 27.7. The number of pyridine rings is 1. The molecule has 0 radical (unpaired) electrons. The molecule has 0 fully saturated rings.